The molecular weight excluding hydrogens is 423 g/mol. The zero-order chi connectivity index (χ0) is 20.6. The van der Waals surface area contributed by atoms with Crippen LogP contribution < -0.4 is 11.1 Å². The van der Waals surface area contributed by atoms with Crippen molar-refractivity contribution in [2.24, 2.45) is 5.73 Å². The Hall–Kier alpha value is -2.11. The highest BCUT2D eigenvalue weighted by atomic mass is 35.5. The predicted octanol–water partition coefficient (Wildman–Crippen LogP) is 6.36. The maximum Gasteiger partial charge on any atom is 0.255 e. The average molecular weight is 443 g/mol. The first-order valence-corrected chi connectivity index (χ1v) is 10.9. The Labute approximate surface area is 184 Å². The van der Waals surface area contributed by atoms with Crippen molar-refractivity contribution in [3.05, 3.63) is 81.0 Å². The highest BCUT2D eigenvalue weighted by Crippen LogP contribution is 2.47. The summed E-state index contributed by atoms with van der Waals surface area (Å²) in [4.78, 5) is 11.7. The maximum atomic E-state index is 11.7. The molecule has 6 heteroatoms. The summed E-state index contributed by atoms with van der Waals surface area (Å²) in [6.07, 6.45) is 2.33. The Bertz CT molecular complexity index is 1070. The maximum absolute atomic E-state index is 11.7. The van der Waals surface area contributed by atoms with Crippen LogP contribution in [0.25, 0.3) is 16.7 Å². The minimum atomic E-state index is -0.165. The minimum Gasteiger partial charge on any atom is -0.330 e. The molecule has 1 amide bonds. The zero-order valence-corrected chi connectivity index (χ0v) is 18.0. The SMILES string of the molecule is C=C1C(=O)Nc2cc(Cl)c(-c3ccc(C4(CN)CC4)cc3)cc21.Clc1cccs1. The second-order valence-electron chi connectivity index (χ2n) is 7.29. The van der Waals surface area contributed by atoms with E-state index in [2.05, 4.69) is 36.2 Å². The van der Waals surface area contributed by atoms with Crippen molar-refractivity contribution in [1.29, 1.82) is 0 Å². The van der Waals surface area contributed by atoms with Crippen molar-refractivity contribution < 1.29 is 4.79 Å². The second kappa shape index (κ2) is 7.96. The number of thiophene rings is 1. The fourth-order valence-corrected chi connectivity index (χ4v) is 4.44. The van der Waals surface area contributed by atoms with Crippen molar-refractivity contribution in [1.82, 2.24) is 0 Å². The van der Waals surface area contributed by atoms with E-state index in [0.717, 1.165) is 39.6 Å². The van der Waals surface area contributed by atoms with Gasteiger partial charge in [0.2, 0.25) is 0 Å². The molecule has 1 aliphatic carbocycles. The number of hydrogen-bond donors (Lipinski definition) is 2. The van der Waals surface area contributed by atoms with Crippen LogP contribution in [0.3, 0.4) is 0 Å². The van der Waals surface area contributed by atoms with E-state index in [0.29, 0.717) is 17.1 Å². The molecule has 148 valence electrons. The average Bonchev–Trinajstić information content (AvgIpc) is 3.30. The third-order valence-electron chi connectivity index (χ3n) is 5.49. The number of amides is 1. The van der Waals surface area contributed by atoms with Gasteiger partial charge in [-0.25, -0.2) is 0 Å². The summed E-state index contributed by atoms with van der Waals surface area (Å²) in [6, 6.07) is 15.9. The quantitative estimate of drug-likeness (QED) is 0.463. The van der Waals surface area contributed by atoms with E-state index < -0.39 is 0 Å². The lowest BCUT2D eigenvalue weighted by Crippen LogP contribution is -2.19. The van der Waals surface area contributed by atoms with E-state index in [1.165, 1.54) is 5.56 Å². The highest BCUT2D eigenvalue weighted by molar-refractivity contribution is 7.14. The fourth-order valence-electron chi connectivity index (χ4n) is 3.49. The van der Waals surface area contributed by atoms with E-state index in [1.807, 2.05) is 23.6 Å². The molecule has 3 aromatic rings. The van der Waals surface area contributed by atoms with Crippen molar-refractivity contribution in [2.45, 2.75) is 18.3 Å². The Balaban J connectivity index is 0.000000294. The standard InChI is InChI=1S/C19H17ClN2O.C4H3ClS/c1-11-14-8-15(16(20)9-17(14)22-18(11)23)12-2-4-13(5-3-12)19(10-21)6-7-19;5-4-2-1-3-6-4/h2-5,8-9H,1,6-7,10,21H2,(H,22,23);1-3H. The first kappa shape index (κ1) is 20.2. The molecule has 1 aliphatic heterocycles. The molecule has 5 rings (SSSR count). The number of halogens is 2. The lowest BCUT2D eigenvalue weighted by atomic mass is 9.93. The van der Waals surface area contributed by atoms with Crippen LogP contribution in [0.1, 0.15) is 24.0 Å². The van der Waals surface area contributed by atoms with Crippen molar-refractivity contribution >= 4 is 51.7 Å². The minimum absolute atomic E-state index is 0.165. The molecule has 0 atom stereocenters. The van der Waals surface area contributed by atoms with E-state index in [4.69, 9.17) is 28.9 Å². The van der Waals surface area contributed by atoms with Gasteiger partial charge in [0.15, 0.2) is 0 Å². The Morgan fingerprint density at radius 3 is 2.34 bits per heavy atom. The molecular formula is C23H20Cl2N2OS. The molecule has 29 heavy (non-hydrogen) atoms. The van der Waals surface area contributed by atoms with Crippen LogP contribution in [-0.2, 0) is 10.2 Å². The van der Waals surface area contributed by atoms with Crippen LogP contribution in [0, 0.1) is 0 Å². The Morgan fingerprint density at radius 1 is 1.10 bits per heavy atom. The van der Waals surface area contributed by atoms with Gasteiger partial charge in [0, 0.05) is 28.7 Å². The lowest BCUT2D eigenvalue weighted by Gasteiger charge is -2.14. The molecule has 0 spiro atoms. The van der Waals surface area contributed by atoms with E-state index >= 15 is 0 Å². The predicted molar refractivity (Wildman–Crippen MR) is 124 cm³/mol. The number of nitrogens with two attached hydrogens (primary N) is 1. The van der Waals surface area contributed by atoms with Gasteiger partial charge in [0.25, 0.3) is 5.91 Å². The molecule has 0 unspecified atom stereocenters. The molecule has 2 heterocycles. The van der Waals surface area contributed by atoms with Gasteiger partial charge in [-0.3, -0.25) is 4.79 Å². The summed E-state index contributed by atoms with van der Waals surface area (Å²) < 4.78 is 0.856. The summed E-state index contributed by atoms with van der Waals surface area (Å²) in [5, 5.41) is 5.34. The first-order chi connectivity index (χ1) is 13.9. The highest BCUT2D eigenvalue weighted by Gasteiger charge is 2.42. The Kier molecular flexibility index (Phi) is 5.54. The van der Waals surface area contributed by atoms with Crippen LogP contribution in [-0.4, -0.2) is 12.5 Å². The monoisotopic (exact) mass is 442 g/mol. The number of benzene rings is 2. The van der Waals surface area contributed by atoms with E-state index in [-0.39, 0.29) is 11.3 Å². The van der Waals surface area contributed by atoms with Gasteiger partial charge in [0.1, 0.15) is 0 Å². The van der Waals surface area contributed by atoms with Crippen LogP contribution >= 0.6 is 34.5 Å². The van der Waals surface area contributed by atoms with Crippen molar-refractivity contribution in [3.63, 3.8) is 0 Å². The summed E-state index contributed by atoms with van der Waals surface area (Å²) >= 11 is 13.4. The topological polar surface area (TPSA) is 55.1 Å². The Morgan fingerprint density at radius 2 is 1.83 bits per heavy atom. The van der Waals surface area contributed by atoms with Crippen LogP contribution in [0.15, 0.2) is 60.5 Å². The third-order valence-corrected chi connectivity index (χ3v) is 6.85. The van der Waals surface area contributed by atoms with Gasteiger partial charge in [-0.1, -0.05) is 54.0 Å². The third kappa shape index (κ3) is 3.99. The number of fused-ring (bicyclic) bond motifs is 1. The normalized spacial score (nSPS) is 16.0. The number of hydrogen-bond acceptors (Lipinski definition) is 3. The summed E-state index contributed by atoms with van der Waals surface area (Å²) in [6.45, 7) is 4.53. The van der Waals surface area contributed by atoms with E-state index in [9.17, 15) is 4.79 Å². The molecule has 1 saturated carbocycles. The number of nitrogens with one attached hydrogen (secondary N) is 1. The molecule has 2 aliphatic rings. The van der Waals surface area contributed by atoms with Crippen molar-refractivity contribution in [2.75, 3.05) is 11.9 Å². The number of anilines is 1. The van der Waals surface area contributed by atoms with Crippen molar-refractivity contribution in [3.8, 4) is 11.1 Å². The van der Waals surface area contributed by atoms with Gasteiger partial charge in [0.05, 0.1) is 15.0 Å². The summed E-state index contributed by atoms with van der Waals surface area (Å²) in [7, 11) is 0. The largest absolute Gasteiger partial charge is 0.330 e. The molecule has 1 aromatic heterocycles. The molecule has 0 bridgehead atoms. The molecule has 3 N–H and O–H groups in total. The van der Waals surface area contributed by atoms with Crippen LogP contribution in [0.4, 0.5) is 5.69 Å². The van der Waals surface area contributed by atoms with Gasteiger partial charge < -0.3 is 11.1 Å². The fraction of sp³-hybridized carbons (Fsp3) is 0.174. The lowest BCUT2D eigenvalue weighted by molar-refractivity contribution is -0.110. The van der Waals surface area contributed by atoms with Crippen LogP contribution in [0.2, 0.25) is 9.36 Å². The molecule has 0 radical (unpaired) electrons. The molecule has 2 aromatic carbocycles. The summed E-state index contributed by atoms with van der Waals surface area (Å²) in [5.74, 6) is -0.165. The van der Waals surface area contributed by atoms with Gasteiger partial charge in [-0.2, -0.15) is 0 Å². The van der Waals surface area contributed by atoms with Gasteiger partial charge >= 0.3 is 0 Å². The van der Waals surface area contributed by atoms with Crippen LogP contribution in [0.5, 0.6) is 0 Å². The second-order valence-corrected chi connectivity index (χ2v) is 9.28. The smallest absolute Gasteiger partial charge is 0.255 e. The van der Waals surface area contributed by atoms with Gasteiger partial charge in [-0.05, 0) is 53.6 Å². The van der Waals surface area contributed by atoms with Gasteiger partial charge in [-0.15, -0.1) is 11.3 Å². The number of carbonyl (C=O) groups is 1. The van der Waals surface area contributed by atoms with E-state index in [1.54, 1.807) is 17.4 Å². The number of carbonyl (C=O) groups excluding carboxylic acids is 1. The summed E-state index contributed by atoms with van der Waals surface area (Å²) in [5.41, 5.74) is 11.3. The molecule has 1 fully saturated rings. The molecule has 3 nitrogen and oxygen atoms in total. The molecule has 0 saturated heterocycles. The first-order valence-electron chi connectivity index (χ1n) is 9.28. The zero-order valence-electron chi connectivity index (χ0n) is 15.7. The number of rotatable bonds is 3.